The lowest BCUT2D eigenvalue weighted by Gasteiger charge is -2.38. The fourth-order valence-corrected chi connectivity index (χ4v) is 3.92. The zero-order chi connectivity index (χ0) is 20.1. The molecule has 2 heterocycles. The van der Waals surface area contributed by atoms with E-state index < -0.39 is 0 Å². The summed E-state index contributed by atoms with van der Waals surface area (Å²) in [7, 11) is 1.81. The van der Waals surface area contributed by atoms with Crippen molar-refractivity contribution >= 4 is 5.96 Å². The highest BCUT2D eigenvalue weighted by Gasteiger charge is 2.35. The average Bonchev–Trinajstić information content (AvgIpc) is 3.24. The molecule has 0 bridgehead atoms. The third-order valence-corrected chi connectivity index (χ3v) is 5.83. The average molecular weight is 396 g/mol. The van der Waals surface area contributed by atoms with E-state index in [4.69, 9.17) is 14.2 Å². The van der Waals surface area contributed by atoms with Crippen LogP contribution in [0.4, 0.5) is 0 Å². The minimum Gasteiger partial charge on any atom is -0.454 e. The Kier molecular flexibility index (Phi) is 5.90. The van der Waals surface area contributed by atoms with Crippen molar-refractivity contribution in [3.8, 4) is 11.5 Å². The Hall–Kier alpha value is -2.73. The van der Waals surface area contributed by atoms with E-state index in [1.54, 1.807) is 0 Å². The third-order valence-electron chi connectivity index (χ3n) is 5.83. The van der Waals surface area contributed by atoms with Crippen LogP contribution in [0, 0.1) is 6.92 Å². The van der Waals surface area contributed by atoms with Gasteiger partial charge in [-0.3, -0.25) is 4.99 Å². The molecular weight excluding hydrogens is 366 g/mol. The van der Waals surface area contributed by atoms with Crippen LogP contribution in [0.1, 0.15) is 29.5 Å². The molecule has 0 unspecified atom stereocenters. The Morgan fingerprint density at radius 2 is 1.76 bits per heavy atom. The number of guanidine groups is 1. The quantitative estimate of drug-likeness (QED) is 0.602. The Balaban J connectivity index is 1.44. The molecule has 0 aromatic heterocycles. The predicted molar refractivity (Wildman–Crippen MR) is 114 cm³/mol. The fourth-order valence-electron chi connectivity index (χ4n) is 3.92. The van der Waals surface area contributed by atoms with Crippen molar-refractivity contribution in [3.05, 3.63) is 59.2 Å². The van der Waals surface area contributed by atoms with Gasteiger partial charge in [0.15, 0.2) is 17.5 Å². The lowest BCUT2D eigenvalue weighted by atomic mass is 9.74. The number of hydrogen-bond acceptors (Lipinski definition) is 4. The highest BCUT2D eigenvalue weighted by molar-refractivity contribution is 5.79. The van der Waals surface area contributed by atoms with Gasteiger partial charge in [-0.2, -0.15) is 0 Å². The molecule has 0 radical (unpaired) electrons. The lowest BCUT2D eigenvalue weighted by Crippen LogP contribution is -2.47. The van der Waals surface area contributed by atoms with E-state index >= 15 is 0 Å². The Morgan fingerprint density at radius 1 is 1.00 bits per heavy atom. The molecule has 0 aliphatic carbocycles. The second kappa shape index (κ2) is 8.74. The van der Waals surface area contributed by atoms with Crippen LogP contribution in [-0.2, 0) is 16.7 Å². The second-order valence-electron chi connectivity index (χ2n) is 7.73. The van der Waals surface area contributed by atoms with Gasteiger partial charge in [0.25, 0.3) is 0 Å². The van der Waals surface area contributed by atoms with Crippen molar-refractivity contribution in [3.63, 3.8) is 0 Å². The van der Waals surface area contributed by atoms with Crippen molar-refractivity contribution in [1.29, 1.82) is 0 Å². The molecule has 2 N–H and O–H groups in total. The van der Waals surface area contributed by atoms with Gasteiger partial charge in [-0.25, -0.2) is 0 Å². The lowest BCUT2D eigenvalue weighted by molar-refractivity contribution is 0.0513. The zero-order valence-corrected chi connectivity index (χ0v) is 17.2. The van der Waals surface area contributed by atoms with E-state index in [2.05, 4.69) is 58.9 Å². The number of aliphatic imine (C=N–C) groups is 1. The van der Waals surface area contributed by atoms with Gasteiger partial charge in [0.1, 0.15) is 0 Å². The summed E-state index contributed by atoms with van der Waals surface area (Å²) in [6.45, 7) is 5.42. The van der Waals surface area contributed by atoms with Crippen LogP contribution in [0.25, 0.3) is 0 Å². The zero-order valence-electron chi connectivity index (χ0n) is 17.2. The summed E-state index contributed by atoms with van der Waals surface area (Å²) in [4.78, 5) is 4.41. The number of hydrogen-bond donors (Lipinski definition) is 2. The summed E-state index contributed by atoms with van der Waals surface area (Å²) in [6, 6.07) is 14.8. The van der Waals surface area contributed by atoms with Crippen LogP contribution < -0.4 is 20.1 Å². The van der Waals surface area contributed by atoms with Gasteiger partial charge in [-0.05, 0) is 43.0 Å². The smallest absolute Gasteiger partial charge is 0.231 e. The molecular formula is C23H29N3O3. The van der Waals surface area contributed by atoms with E-state index in [1.165, 1.54) is 16.7 Å². The second-order valence-corrected chi connectivity index (χ2v) is 7.73. The number of benzene rings is 2. The summed E-state index contributed by atoms with van der Waals surface area (Å²) in [6.07, 6.45) is 1.91. The predicted octanol–water partition coefficient (Wildman–Crippen LogP) is 3.14. The first-order chi connectivity index (χ1) is 14.2. The van der Waals surface area contributed by atoms with Crippen molar-refractivity contribution in [2.45, 2.75) is 31.7 Å². The molecule has 0 spiro atoms. The largest absolute Gasteiger partial charge is 0.454 e. The van der Waals surface area contributed by atoms with E-state index in [-0.39, 0.29) is 5.41 Å². The van der Waals surface area contributed by atoms with Crippen molar-refractivity contribution in [2.75, 3.05) is 33.6 Å². The summed E-state index contributed by atoms with van der Waals surface area (Å²) in [5.74, 6) is 2.45. The molecule has 6 nitrogen and oxygen atoms in total. The monoisotopic (exact) mass is 395 g/mol. The molecule has 2 aliphatic rings. The number of ether oxygens (including phenoxy) is 3. The van der Waals surface area contributed by atoms with Crippen LogP contribution in [0.2, 0.25) is 0 Å². The van der Waals surface area contributed by atoms with E-state index in [1.807, 2.05) is 13.1 Å². The van der Waals surface area contributed by atoms with Crippen LogP contribution in [0.5, 0.6) is 11.5 Å². The molecule has 6 heteroatoms. The molecule has 2 aromatic carbocycles. The summed E-state index contributed by atoms with van der Waals surface area (Å²) < 4.78 is 16.7. The van der Waals surface area contributed by atoms with Crippen molar-refractivity contribution in [2.24, 2.45) is 4.99 Å². The van der Waals surface area contributed by atoms with Gasteiger partial charge in [0.2, 0.25) is 6.79 Å². The minimum atomic E-state index is -0.0271. The molecule has 154 valence electrons. The molecule has 1 saturated heterocycles. The Bertz CT molecular complexity index is 858. The maximum atomic E-state index is 5.66. The number of fused-ring (bicyclic) bond motifs is 1. The SMILES string of the molecule is CN=C(NCc1ccc(C)cc1)NCC1(c2ccc3c(c2)OCO3)CCOCC1. The standard InChI is InChI=1S/C23H29N3O3/c1-17-3-5-18(6-4-17)14-25-22(24-2)26-15-23(9-11-27-12-10-23)19-7-8-20-21(13-19)29-16-28-20/h3-8,13H,9-12,14-16H2,1-2H3,(H2,24,25,26). The molecule has 0 saturated carbocycles. The molecule has 0 amide bonds. The maximum Gasteiger partial charge on any atom is 0.231 e. The minimum absolute atomic E-state index is 0.0271. The van der Waals surface area contributed by atoms with Gasteiger partial charge in [-0.15, -0.1) is 0 Å². The Labute approximate surface area is 172 Å². The van der Waals surface area contributed by atoms with E-state index in [9.17, 15) is 0 Å². The normalized spacial score (nSPS) is 17.8. The van der Waals surface area contributed by atoms with Crippen LogP contribution in [-0.4, -0.2) is 39.6 Å². The molecule has 0 atom stereocenters. The molecule has 2 aliphatic heterocycles. The van der Waals surface area contributed by atoms with Crippen LogP contribution in [0.3, 0.4) is 0 Å². The van der Waals surface area contributed by atoms with Gasteiger partial charge in [0, 0.05) is 38.8 Å². The van der Waals surface area contributed by atoms with E-state index in [0.717, 1.165) is 56.6 Å². The highest BCUT2D eigenvalue weighted by Crippen LogP contribution is 2.40. The summed E-state index contributed by atoms with van der Waals surface area (Å²) in [5.41, 5.74) is 3.73. The van der Waals surface area contributed by atoms with Gasteiger partial charge >= 0.3 is 0 Å². The van der Waals surface area contributed by atoms with Crippen molar-refractivity contribution < 1.29 is 14.2 Å². The van der Waals surface area contributed by atoms with Crippen molar-refractivity contribution in [1.82, 2.24) is 10.6 Å². The number of aryl methyl sites for hydroxylation is 1. The maximum absolute atomic E-state index is 5.66. The van der Waals surface area contributed by atoms with Crippen LogP contribution in [0.15, 0.2) is 47.5 Å². The number of nitrogens with one attached hydrogen (secondary N) is 2. The first-order valence-electron chi connectivity index (χ1n) is 10.2. The highest BCUT2D eigenvalue weighted by atomic mass is 16.7. The molecule has 4 rings (SSSR count). The molecule has 1 fully saturated rings. The Morgan fingerprint density at radius 3 is 2.52 bits per heavy atom. The third kappa shape index (κ3) is 4.48. The van der Waals surface area contributed by atoms with Crippen LogP contribution >= 0.6 is 0 Å². The first kappa shape index (κ1) is 19.6. The van der Waals surface area contributed by atoms with Gasteiger partial charge in [0.05, 0.1) is 0 Å². The summed E-state index contributed by atoms with van der Waals surface area (Å²) >= 11 is 0. The summed E-state index contributed by atoms with van der Waals surface area (Å²) in [5, 5.41) is 6.96. The first-order valence-corrected chi connectivity index (χ1v) is 10.2. The molecule has 2 aromatic rings. The fraction of sp³-hybridized carbons (Fsp3) is 0.435. The van der Waals surface area contributed by atoms with Gasteiger partial charge < -0.3 is 24.8 Å². The van der Waals surface area contributed by atoms with E-state index in [0.29, 0.717) is 6.79 Å². The van der Waals surface area contributed by atoms with Gasteiger partial charge in [-0.1, -0.05) is 35.9 Å². The number of rotatable bonds is 5. The topological polar surface area (TPSA) is 64.1 Å². The molecule has 29 heavy (non-hydrogen) atoms. The number of nitrogens with zero attached hydrogens (tertiary/aromatic N) is 1.